The van der Waals surface area contributed by atoms with E-state index < -0.39 is 0 Å². The lowest BCUT2D eigenvalue weighted by Gasteiger charge is -2.00. The van der Waals surface area contributed by atoms with Gasteiger partial charge in [0.05, 0.1) is 12.2 Å². The first-order valence-corrected chi connectivity index (χ1v) is 4.55. The topological polar surface area (TPSA) is 42.1 Å². The first-order valence-electron chi connectivity index (χ1n) is 4.55. The Kier molecular flexibility index (Phi) is 2.23. The molecule has 1 N–H and O–H groups in total. The van der Waals surface area contributed by atoms with Crippen molar-refractivity contribution in [1.82, 2.24) is 4.98 Å². The lowest BCUT2D eigenvalue weighted by atomic mass is 10.1. The minimum Gasteiger partial charge on any atom is -0.462 e. The molecular weight excluding hydrogens is 178 g/mol. The van der Waals surface area contributed by atoms with Gasteiger partial charge in [0.15, 0.2) is 0 Å². The highest BCUT2D eigenvalue weighted by Gasteiger charge is 2.06. The number of H-pyrrole nitrogens is 1. The normalized spacial score (nSPS) is 10.4. The molecule has 0 fully saturated rings. The SMILES string of the molecule is CCOC(=O)c1ccc2[nH]ccc2c1. The van der Waals surface area contributed by atoms with Crippen LogP contribution in [0.4, 0.5) is 0 Å². The zero-order valence-corrected chi connectivity index (χ0v) is 7.91. The fourth-order valence-electron chi connectivity index (χ4n) is 1.39. The molecule has 0 aliphatic rings. The molecule has 2 rings (SSSR count). The smallest absolute Gasteiger partial charge is 0.338 e. The molecule has 3 nitrogen and oxygen atoms in total. The van der Waals surface area contributed by atoms with Gasteiger partial charge in [0.2, 0.25) is 0 Å². The predicted molar refractivity (Wildman–Crippen MR) is 54.3 cm³/mol. The average molecular weight is 189 g/mol. The van der Waals surface area contributed by atoms with Gasteiger partial charge in [0.1, 0.15) is 0 Å². The second-order valence-electron chi connectivity index (χ2n) is 3.00. The summed E-state index contributed by atoms with van der Waals surface area (Å²) < 4.78 is 4.90. The van der Waals surface area contributed by atoms with Gasteiger partial charge in [-0.2, -0.15) is 0 Å². The number of carbonyl (C=O) groups excluding carboxylic acids is 1. The molecule has 0 spiro atoms. The Balaban J connectivity index is 2.38. The first-order chi connectivity index (χ1) is 6.81. The zero-order chi connectivity index (χ0) is 9.97. The highest BCUT2D eigenvalue weighted by atomic mass is 16.5. The largest absolute Gasteiger partial charge is 0.462 e. The molecule has 0 amide bonds. The Morgan fingerprint density at radius 2 is 2.29 bits per heavy atom. The van der Waals surface area contributed by atoms with Crippen LogP contribution >= 0.6 is 0 Å². The summed E-state index contributed by atoms with van der Waals surface area (Å²) in [6.07, 6.45) is 1.85. The van der Waals surface area contributed by atoms with Crippen LogP contribution in [0.1, 0.15) is 17.3 Å². The van der Waals surface area contributed by atoms with E-state index in [1.165, 1.54) is 0 Å². The predicted octanol–water partition coefficient (Wildman–Crippen LogP) is 2.34. The van der Waals surface area contributed by atoms with Gasteiger partial charge >= 0.3 is 5.97 Å². The molecule has 72 valence electrons. The van der Waals surface area contributed by atoms with Gasteiger partial charge in [-0.15, -0.1) is 0 Å². The molecule has 2 aromatic rings. The quantitative estimate of drug-likeness (QED) is 0.737. The lowest BCUT2D eigenvalue weighted by Crippen LogP contribution is -2.03. The molecule has 0 radical (unpaired) electrons. The third-order valence-electron chi connectivity index (χ3n) is 2.06. The van der Waals surface area contributed by atoms with Crippen molar-refractivity contribution < 1.29 is 9.53 Å². The number of carbonyl (C=O) groups is 1. The standard InChI is InChI=1S/C11H11NO2/c1-2-14-11(13)9-3-4-10-8(7-9)5-6-12-10/h3-7,12H,2H2,1H3. The number of benzene rings is 1. The van der Waals surface area contributed by atoms with Crippen LogP contribution in [-0.2, 0) is 4.74 Å². The number of hydrogen-bond donors (Lipinski definition) is 1. The summed E-state index contributed by atoms with van der Waals surface area (Å²) in [7, 11) is 0. The van der Waals surface area contributed by atoms with Crippen LogP contribution in [0.15, 0.2) is 30.5 Å². The molecule has 1 aromatic carbocycles. The Labute approximate surface area is 81.7 Å². The molecule has 14 heavy (non-hydrogen) atoms. The average Bonchev–Trinajstić information content (AvgIpc) is 2.64. The van der Waals surface area contributed by atoms with E-state index in [0.29, 0.717) is 12.2 Å². The Morgan fingerprint density at radius 1 is 1.43 bits per heavy atom. The molecule has 0 unspecified atom stereocenters. The van der Waals surface area contributed by atoms with Crippen LogP contribution in [0.5, 0.6) is 0 Å². The minimum absolute atomic E-state index is 0.268. The van der Waals surface area contributed by atoms with Crippen LogP contribution in [0.25, 0.3) is 10.9 Å². The second kappa shape index (κ2) is 3.54. The number of fused-ring (bicyclic) bond motifs is 1. The third kappa shape index (κ3) is 1.48. The summed E-state index contributed by atoms with van der Waals surface area (Å²) in [5, 5.41) is 1.02. The fraction of sp³-hybridized carbons (Fsp3) is 0.182. The number of rotatable bonds is 2. The fourth-order valence-corrected chi connectivity index (χ4v) is 1.39. The van der Waals surface area contributed by atoms with E-state index in [0.717, 1.165) is 10.9 Å². The van der Waals surface area contributed by atoms with E-state index in [-0.39, 0.29) is 5.97 Å². The maximum Gasteiger partial charge on any atom is 0.338 e. The highest BCUT2D eigenvalue weighted by molar-refractivity contribution is 5.94. The van der Waals surface area contributed by atoms with Gasteiger partial charge in [-0.05, 0) is 31.2 Å². The summed E-state index contributed by atoms with van der Waals surface area (Å²) in [5.41, 5.74) is 1.62. The first kappa shape index (κ1) is 8.81. The maximum atomic E-state index is 11.4. The maximum absolute atomic E-state index is 11.4. The van der Waals surface area contributed by atoms with Gasteiger partial charge < -0.3 is 9.72 Å². The number of nitrogens with one attached hydrogen (secondary N) is 1. The lowest BCUT2D eigenvalue weighted by molar-refractivity contribution is 0.0526. The van der Waals surface area contributed by atoms with Crippen molar-refractivity contribution in [2.24, 2.45) is 0 Å². The molecule has 1 aromatic heterocycles. The number of ether oxygens (including phenoxy) is 1. The van der Waals surface area contributed by atoms with Crippen LogP contribution in [0, 0.1) is 0 Å². The molecule has 1 heterocycles. The van der Waals surface area contributed by atoms with Crippen molar-refractivity contribution >= 4 is 16.9 Å². The number of esters is 1. The van der Waals surface area contributed by atoms with E-state index in [9.17, 15) is 4.79 Å². The van der Waals surface area contributed by atoms with E-state index in [2.05, 4.69) is 4.98 Å². The number of aromatic nitrogens is 1. The summed E-state index contributed by atoms with van der Waals surface area (Å²) in [5.74, 6) is -0.268. The minimum atomic E-state index is -0.268. The Bertz CT molecular complexity index is 459. The monoisotopic (exact) mass is 189 g/mol. The molecule has 0 saturated carbocycles. The van der Waals surface area contributed by atoms with Gasteiger partial charge in [0, 0.05) is 17.1 Å². The Morgan fingerprint density at radius 3 is 3.07 bits per heavy atom. The molecule has 3 heteroatoms. The van der Waals surface area contributed by atoms with Crippen molar-refractivity contribution in [3.8, 4) is 0 Å². The summed E-state index contributed by atoms with van der Waals surface area (Å²) in [6.45, 7) is 2.21. The van der Waals surface area contributed by atoms with Gasteiger partial charge in [-0.1, -0.05) is 0 Å². The molecule has 0 bridgehead atoms. The van der Waals surface area contributed by atoms with E-state index in [4.69, 9.17) is 4.74 Å². The molecular formula is C11H11NO2. The van der Waals surface area contributed by atoms with Gasteiger partial charge in [-0.25, -0.2) is 4.79 Å². The van der Waals surface area contributed by atoms with Gasteiger partial charge in [0.25, 0.3) is 0 Å². The van der Waals surface area contributed by atoms with Crippen molar-refractivity contribution in [2.45, 2.75) is 6.92 Å². The molecule has 0 saturated heterocycles. The summed E-state index contributed by atoms with van der Waals surface area (Å²) in [6, 6.07) is 7.39. The summed E-state index contributed by atoms with van der Waals surface area (Å²) in [4.78, 5) is 14.4. The highest BCUT2D eigenvalue weighted by Crippen LogP contribution is 2.14. The zero-order valence-electron chi connectivity index (χ0n) is 7.91. The number of aromatic amines is 1. The van der Waals surface area contributed by atoms with Crippen LogP contribution in [0.3, 0.4) is 0 Å². The molecule has 0 atom stereocenters. The van der Waals surface area contributed by atoms with Crippen molar-refractivity contribution in [3.63, 3.8) is 0 Å². The van der Waals surface area contributed by atoms with Crippen LogP contribution in [-0.4, -0.2) is 17.6 Å². The van der Waals surface area contributed by atoms with E-state index in [1.54, 1.807) is 13.0 Å². The van der Waals surface area contributed by atoms with Crippen molar-refractivity contribution in [3.05, 3.63) is 36.0 Å². The van der Waals surface area contributed by atoms with Crippen molar-refractivity contribution in [1.29, 1.82) is 0 Å². The Hall–Kier alpha value is -1.77. The van der Waals surface area contributed by atoms with Gasteiger partial charge in [-0.3, -0.25) is 0 Å². The second-order valence-corrected chi connectivity index (χ2v) is 3.00. The van der Waals surface area contributed by atoms with E-state index in [1.807, 2.05) is 24.4 Å². The van der Waals surface area contributed by atoms with Crippen LogP contribution in [0.2, 0.25) is 0 Å². The summed E-state index contributed by atoms with van der Waals surface area (Å²) >= 11 is 0. The molecule has 0 aliphatic heterocycles. The van der Waals surface area contributed by atoms with Crippen LogP contribution < -0.4 is 0 Å². The molecule has 0 aliphatic carbocycles. The third-order valence-corrected chi connectivity index (χ3v) is 2.06. The van der Waals surface area contributed by atoms with Crippen molar-refractivity contribution in [2.75, 3.05) is 6.61 Å². The number of hydrogen-bond acceptors (Lipinski definition) is 2. The van der Waals surface area contributed by atoms with E-state index >= 15 is 0 Å².